The monoisotopic (exact) mass is 322 g/mol. The van der Waals surface area contributed by atoms with Crippen molar-refractivity contribution < 1.29 is 5.48 Å². The summed E-state index contributed by atoms with van der Waals surface area (Å²) in [6.45, 7) is 0. The van der Waals surface area contributed by atoms with Crippen molar-refractivity contribution in [2.24, 2.45) is 0 Å². The summed E-state index contributed by atoms with van der Waals surface area (Å²) >= 11 is 21.9. The highest BCUT2D eigenvalue weighted by atomic mass is 35.5. The van der Waals surface area contributed by atoms with Gasteiger partial charge < -0.3 is 5.48 Å². The fourth-order valence-electron chi connectivity index (χ4n) is 1.14. The minimum atomic E-state index is -1.06. The topological polar surface area (TPSA) is 102 Å². The van der Waals surface area contributed by atoms with Crippen molar-refractivity contribution in [2.75, 3.05) is 0 Å². The Morgan fingerprint density at radius 1 is 0.706 bits per heavy atom. The van der Waals surface area contributed by atoms with Crippen LogP contribution in [0.3, 0.4) is 0 Å². The van der Waals surface area contributed by atoms with Gasteiger partial charge in [0.15, 0.2) is 11.2 Å². The van der Waals surface area contributed by atoms with E-state index in [-0.39, 0.29) is 15.2 Å². The predicted molar refractivity (Wildman–Crippen MR) is 63.3 cm³/mol. The highest BCUT2D eigenvalue weighted by Gasteiger charge is 2.21. The number of halogens is 4. The lowest BCUT2D eigenvalue weighted by Gasteiger charge is -1.99. The molecule has 2 aromatic rings. The molecule has 0 saturated heterocycles. The van der Waals surface area contributed by atoms with E-state index in [1.165, 1.54) is 0 Å². The van der Waals surface area contributed by atoms with Crippen LogP contribution in [0.15, 0.2) is 14.4 Å². The quantitative estimate of drug-likeness (QED) is 0.641. The van der Waals surface area contributed by atoms with Gasteiger partial charge >= 0.3 is 11.4 Å². The molecule has 17 heavy (non-hydrogen) atoms. The van der Waals surface area contributed by atoms with Crippen molar-refractivity contribution in [3.05, 3.63) is 31.3 Å². The summed E-state index contributed by atoms with van der Waals surface area (Å²) in [6.07, 6.45) is 0. The maximum atomic E-state index is 11.5. The molecule has 2 heterocycles. The molecular formula is C5H2Cl4N4O4. The lowest BCUT2D eigenvalue weighted by atomic mass is 10.5. The van der Waals surface area contributed by atoms with Crippen LogP contribution in [0.2, 0.25) is 0 Å². The Balaban J connectivity index is 0.00000144. The molecule has 8 nitrogen and oxygen atoms in total. The van der Waals surface area contributed by atoms with E-state index in [0.29, 0.717) is 12.3 Å². The Hall–Kier alpha value is -0.930. The first-order chi connectivity index (χ1) is 7.37. The number of rotatable bonds is 0. The largest absolute Gasteiger partial charge is 0.412 e. The fourth-order valence-corrected chi connectivity index (χ4v) is 2.10. The Labute approximate surface area is 111 Å². The highest BCUT2D eigenvalue weighted by molar-refractivity contribution is 6.25. The second-order valence-electron chi connectivity index (χ2n) is 2.67. The van der Waals surface area contributed by atoms with Crippen LogP contribution in [0.4, 0.5) is 0 Å². The molecular weight excluding hydrogens is 322 g/mol. The third-order valence-corrected chi connectivity index (χ3v) is 3.05. The lowest BCUT2D eigenvalue weighted by molar-refractivity contribution is 0.824. The van der Waals surface area contributed by atoms with Gasteiger partial charge in [0.1, 0.15) is 0 Å². The molecule has 2 rings (SSSR count). The van der Waals surface area contributed by atoms with Gasteiger partial charge in [-0.15, -0.1) is 0 Å². The molecule has 0 radical (unpaired) electrons. The molecule has 0 aromatic carbocycles. The molecule has 2 N–H and O–H groups in total. The zero-order valence-corrected chi connectivity index (χ0v) is 10.5. The zero-order valence-electron chi connectivity index (χ0n) is 7.53. The van der Waals surface area contributed by atoms with Crippen LogP contribution in [0.25, 0.3) is 11.2 Å². The molecule has 0 aliphatic rings. The highest BCUT2D eigenvalue weighted by Crippen LogP contribution is 2.10. The number of nitrogens with zero attached hydrogens (tertiary/aromatic N) is 4. The van der Waals surface area contributed by atoms with Gasteiger partial charge in [-0.3, -0.25) is 4.79 Å². The van der Waals surface area contributed by atoms with Gasteiger partial charge in [0.05, 0.1) is 0 Å². The van der Waals surface area contributed by atoms with Crippen LogP contribution in [0.5, 0.6) is 0 Å². The van der Waals surface area contributed by atoms with Gasteiger partial charge in [0.2, 0.25) is 0 Å². The summed E-state index contributed by atoms with van der Waals surface area (Å²) in [7, 11) is 0. The Bertz CT molecular complexity index is 767. The first kappa shape index (κ1) is 14.1. The third-order valence-electron chi connectivity index (χ3n) is 1.83. The number of hydrogen-bond acceptors (Lipinski definition) is 3. The maximum absolute atomic E-state index is 11.5. The molecule has 0 amide bonds. The van der Waals surface area contributed by atoms with E-state index in [1.807, 2.05) is 0 Å². The first-order valence-corrected chi connectivity index (χ1v) is 4.93. The summed E-state index contributed by atoms with van der Waals surface area (Å²) in [6, 6.07) is 0. The average Bonchev–Trinajstić information content (AvgIpc) is 2.48. The summed E-state index contributed by atoms with van der Waals surface area (Å²) < 4.78 is 1.46. The van der Waals surface area contributed by atoms with E-state index < -0.39 is 22.5 Å². The van der Waals surface area contributed by atoms with Crippen molar-refractivity contribution in [2.45, 2.75) is 0 Å². The normalized spacial score (nSPS) is 10.6. The van der Waals surface area contributed by atoms with E-state index in [0.717, 1.165) is 0 Å². The zero-order chi connectivity index (χ0) is 12.2. The van der Waals surface area contributed by atoms with E-state index >= 15 is 0 Å². The second-order valence-corrected chi connectivity index (χ2v) is 4.02. The van der Waals surface area contributed by atoms with E-state index in [2.05, 4.69) is 0 Å². The Morgan fingerprint density at radius 3 is 1.59 bits per heavy atom. The maximum Gasteiger partial charge on any atom is 0.362 e. The second kappa shape index (κ2) is 4.39. The van der Waals surface area contributed by atoms with Crippen molar-refractivity contribution >= 4 is 58.3 Å². The van der Waals surface area contributed by atoms with Crippen molar-refractivity contribution in [1.29, 1.82) is 0 Å². The van der Waals surface area contributed by atoms with Crippen LogP contribution in [-0.4, -0.2) is 21.8 Å². The predicted octanol–water partition coefficient (Wildman–Crippen LogP) is -0.691. The lowest BCUT2D eigenvalue weighted by Crippen LogP contribution is -2.33. The number of imidazole rings is 1. The molecule has 0 fully saturated rings. The number of hydrogen-bond donors (Lipinski definition) is 0. The van der Waals surface area contributed by atoms with Gasteiger partial charge in [-0.25, -0.2) is 9.59 Å². The van der Waals surface area contributed by atoms with Gasteiger partial charge in [0.25, 0.3) is 5.56 Å². The van der Waals surface area contributed by atoms with Gasteiger partial charge in [-0.1, -0.05) is 0 Å². The summed E-state index contributed by atoms with van der Waals surface area (Å²) in [5.41, 5.74) is -3.74. The minimum absolute atomic E-state index is 0. The molecule has 12 heteroatoms. The van der Waals surface area contributed by atoms with Gasteiger partial charge in [-0.2, -0.15) is 16.3 Å². The molecule has 94 valence electrons. The average molecular weight is 324 g/mol. The number of fused-ring (bicyclic) bond motifs is 1. The van der Waals surface area contributed by atoms with Crippen LogP contribution in [0.1, 0.15) is 0 Å². The van der Waals surface area contributed by atoms with Crippen LogP contribution in [0, 0.1) is 0 Å². The molecule has 0 saturated carbocycles. The smallest absolute Gasteiger partial charge is 0.362 e. The van der Waals surface area contributed by atoms with Crippen molar-refractivity contribution in [3.63, 3.8) is 0 Å². The Morgan fingerprint density at radius 2 is 1.12 bits per heavy atom. The molecule has 0 unspecified atom stereocenters. The van der Waals surface area contributed by atoms with Crippen LogP contribution < -0.4 is 16.9 Å². The SMILES string of the molecule is O.O=c1c2c(n(Cl)c(=O)n1Cl)n(Cl)c(=O)n2Cl. The molecule has 2 aromatic heterocycles. The summed E-state index contributed by atoms with van der Waals surface area (Å²) in [4.78, 5) is 34.2. The molecule has 0 spiro atoms. The molecule has 0 aliphatic heterocycles. The molecule has 0 aliphatic carbocycles. The van der Waals surface area contributed by atoms with Crippen molar-refractivity contribution in [1.82, 2.24) is 16.3 Å². The standard InChI is InChI=1S/C5Cl4N4O3.H2O/c6-10-1-2(11(7)4(10)15)12(8)5(16)13(9)3(1)14;/h;1H2. The summed E-state index contributed by atoms with van der Waals surface area (Å²) in [5.74, 6) is 0. The third kappa shape index (κ3) is 1.69. The van der Waals surface area contributed by atoms with E-state index in [9.17, 15) is 14.4 Å². The summed E-state index contributed by atoms with van der Waals surface area (Å²) in [5, 5.41) is 0. The number of aromatic nitrogens is 4. The van der Waals surface area contributed by atoms with E-state index in [4.69, 9.17) is 47.1 Å². The van der Waals surface area contributed by atoms with E-state index in [1.54, 1.807) is 0 Å². The fraction of sp³-hybridized carbons (Fsp3) is 0. The van der Waals surface area contributed by atoms with Crippen LogP contribution in [-0.2, 0) is 0 Å². The Kier molecular flexibility index (Phi) is 3.65. The molecule has 0 atom stereocenters. The minimum Gasteiger partial charge on any atom is -0.412 e. The first-order valence-electron chi connectivity index (χ1n) is 3.58. The van der Waals surface area contributed by atoms with Gasteiger partial charge in [0, 0.05) is 47.1 Å². The van der Waals surface area contributed by atoms with Crippen molar-refractivity contribution in [3.8, 4) is 0 Å². The molecule has 0 bridgehead atoms. The van der Waals surface area contributed by atoms with Crippen LogP contribution >= 0.6 is 47.1 Å². The van der Waals surface area contributed by atoms with Gasteiger partial charge in [-0.05, 0) is 0 Å².